The molecule has 1 atom stereocenters. The summed E-state index contributed by atoms with van der Waals surface area (Å²) in [4.78, 5) is 24.7. The molecule has 1 rings (SSSR count). The summed E-state index contributed by atoms with van der Waals surface area (Å²) < 4.78 is 5.75. The third-order valence-electron chi connectivity index (χ3n) is 2.41. The average Bonchev–Trinajstić information content (AvgIpc) is 2.87. The van der Waals surface area contributed by atoms with Gasteiger partial charge in [-0.1, -0.05) is 13.0 Å². The lowest BCUT2D eigenvalue weighted by molar-refractivity contribution is -0.145. The Morgan fingerprint density at radius 1 is 1.56 bits per heavy atom. The van der Waals surface area contributed by atoms with Crippen LogP contribution < -0.4 is 0 Å². The van der Waals surface area contributed by atoms with Gasteiger partial charge < -0.3 is 9.64 Å². The first-order chi connectivity index (χ1) is 8.54. The molecule has 0 saturated heterocycles. The van der Waals surface area contributed by atoms with Crippen LogP contribution in [0.1, 0.15) is 6.92 Å². The fraction of sp³-hybridized carbons (Fsp3) is 0.500. The van der Waals surface area contributed by atoms with Gasteiger partial charge in [-0.25, -0.2) is 0 Å². The molecule has 0 aromatic carbocycles. The second-order valence-electron chi connectivity index (χ2n) is 3.92. The number of amides is 1. The van der Waals surface area contributed by atoms with Crippen LogP contribution in [0.3, 0.4) is 0 Å². The third-order valence-corrected chi connectivity index (χ3v) is 4.53. The lowest BCUT2D eigenvalue weighted by Gasteiger charge is -2.19. The minimum absolute atomic E-state index is 0.0177. The molecular weight excluding hydrogens is 270 g/mol. The Bertz CT molecular complexity index is 392. The zero-order valence-corrected chi connectivity index (χ0v) is 12.3. The Kier molecular flexibility index (Phi) is 6.21. The minimum Gasteiger partial charge on any atom is -0.469 e. The van der Waals surface area contributed by atoms with Gasteiger partial charge in [0.2, 0.25) is 5.91 Å². The molecule has 1 heterocycles. The molecule has 18 heavy (non-hydrogen) atoms. The van der Waals surface area contributed by atoms with Crippen LogP contribution in [0.25, 0.3) is 0 Å². The van der Waals surface area contributed by atoms with Crippen molar-refractivity contribution < 1.29 is 14.3 Å². The highest BCUT2D eigenvalue weighted by Gasteiger charge is 2.18. The van der Waals surface area contributed by atoms with E-state index < -0.39 is 0 Å². The van der Waals surface area contributed by atoms with Crippen molar-refractivity contribution in [3.8, 4) is 0 Å². The molecule has 1 aromatic rings. The standard InChI is InChI=1S/C12H17NO3S2/c1-9(12(15)16-3)7-13(2)10(14)8-18-11-5-4-6-17-11/h4-6,9H,7-8H2,1-3H3. The zero-order chi connectivity index (χ0) is 13.5. The third kappa shape index (κ3) is 4.70. The van der Waals surface area contributed by atoms with Crippen molar-refractivity contribution in [2.24, 2.45) is 5.92 Å². The number of thiophene rings is 1. The van der Waals surface area contributed by atoms with E-state index in [-0.39, 0.29) is 17.8 Å². The molecule has 0 spiro atoms. The smallest absolute Gasteiger partial charge is 0.310 e. The van der Waals surface area contributed by atoms with E-state index in [0.717, 1.165) is 4.21 Å². The SMILES string of the molecule is COC(=O)C(C)CN(C)C(=O)CSc1cccs1. The van der Waals surface area contributed by atoms with Gasteiger partial charge in [-0.3, -0.25) is 9.59 Å². The molecule has 100 valence electrons. The summed E-state index contributed by atoms with van der Waals surface area (Å²) in [7, 11) is 3.06. The van der Waals surface area contributed by atoms with Crippen LogP contribution in [0.5, 0.6) is 0 Å². The summed E-state index contributed by atoms with van der Waals surface area (Å²) in [5, 5.41) is 1.98. The van der Waals surface area contributed by atoms with Crippen molar-refractivity contribution in [3.63, 3.8) is 0 Å². The van der Waals surface area contributed by atoms with Crippen molar-refractivity contribution in [1.82, 2.24) is 4.90 Å². The number of rotatable bonds is 6. The second-order valence-corrected chi connectivity index (χ2v) is 6.14. The Morgan fingerprint density at radius 2 is 2.28 bits per heavy atom. The summed E-state index contributed by atoms with van der Waals surface area (Å²) in [6, 6.07) is 3.94. The van der Waals surface area contributed by atoms with Crippen LogP contribution >= 0.6 is 23.1 Å². The Hall–Kier alpha value is -1.01. The zero-order valence-electron chi connectivity index (χ0n) is 10.7. The number of carbonyl (C=O) groups is 2. The van der Waals surface area contributed by atoms with Crippen LogP contribution in [0.4, 0.5) is 0 Å². The predicted octanol–water partition coefficient (Wildman–Crippen LogP) is 2.11. The monoisotopic (exact) mass is 287 g/mol. The summed E-state index contributed by atoms with van der Waals surface area (Å²) in [6.07, 6.45) is 0. The van der Waals surface area contributed by atoms with Crippen LogP contribution in [0, 0.1) is 5.92 Å². The first-order valence-corrected chi connectivity index (χ1v) is 7.39. The highest BCUT2D eigenvalue weighted by atomic mass is 32.2. The number of esters is 1. The number of ether oxygens (including phenoxy) is 1. The van der Waals surface area contributed by atoms with E-state index in [1.807, 2.05) is 17.5 Å². The maximum absolute atomic E-state index is 11.8. The van der Waals surface area contributed by atoms with E-state index >= 15 is 0 Å². The molecule has 0 aliphatic heterocycles. The highest BCUT2D eigenvalue weighted by Crippen LogP contribution is 2.23. The van der Waals surface area contributed by atoms with Crippen molar-refractivity contribution in [2.75, 3.05) is 26.5 Å². The fourth-order valence-corrected chi connectivity index (χ4v) is 3.10. The van der Waals surface area contributed by atoms with Gasteiger partial charge in [0.25, 0.3) is 0 Å². The lowest BCUT2D eigenvalue weighted by atomic mass is 10.2. The van der Waals surface area contributed by atoms with Crippen molar-refractivity contribution in [1.29, 1.82) is 0 Å². The number of carbonyl (C=O) groups excluding carboxylic acids is 2. The van der Waals surface area contributed by atoms with E-state index in [2.05, 4.69) is 4.74 Å². The summed E-state index contributed by atoms with van der Waals surface area (Å²) in [6.45, 7) is 2.14. The summed E-state index contributed by atoms with van der Waals surface area (Å²) in [5.41, 5.74) is 0. The molecule has 1 unspecified atom stereocenters. The van der Waals surface area contributed by atoms with Crippen molar-refractivity contribution in [2.45, 2.75) is 11.1 Å². The van der Waals surface area contributed by atoms with Crippen LogP contribution in [-0.4, -0.2) is 43.2 Å². The maximum atomic E-state index is 11.8. The second kappa shape index (κ2) is 7.43. The topological polar surface area (TPSA) is 46.6 Å². The van der Waals surface area contributed by atoms with Crippen LogP contribution in [0.2, 0.25) is 0 Å². The molecule has 6 heteroatoms. The number of methoxy groups -OCH3 is 1. The van der Waals surface area contributed by atoms with Gasteiger partial charge in [-0.2, -0.15) is 0 Å². The summed E-state index contributed by atoms with van der Waals surface area (Å²) >= 11 is 3.13. The number of hydrogen-bond acceptors (Lipinski definition) is 5. The molecule has 0 aliphatic rings. The highest BCUT2D eigenvalue weighted by molar-refractivity contribution is 8.01. The van der Waals surface area contributed by atoms with Crippen molar-refractivity contribution >= 4 is 35.0 Å². The van der Waals surface area contributed by atoms with Gasteiger partial charge >= 0.3 is 5.97 Å². The average molecular weight is 287 g/mol. The molecule has 0 aliphatic carbocycles. The van der Waals surface area contributed by atoms with E-state index in [1.54, 1.807) is 30.2 Å². The van der Waals surface area contributed by atoms with Crippen LogP contribution in [-0.2, 0) is 14.3 Å². The molecular formula is C12H17NO3S2. The van der Waals surface area contributed by atoms with E-state index in [4.69, 9.17) is 0 Å². The molecule has 1 aromatic heterocycles. The minimum atomic E-state index is -0.296. The number of thioether (sulfide) groups is 1. The predicted molar refractivity (Wildman–Crippen MR) is 73.9 cm³/mol. The van der Waals surface area contributed by atoms with Gasteiger partial charge in [0.15, 0.2) is 0 Å². The fourth-order valence-electron chi connectivity index (χ4n) is 1.38. The molecule has 0 radical (unpaired) electrons. The molecule has 4 nitrogen and oxygen atoms in total. The van der Waals surface area contributed by atoms with E-state index in [1.165, 1.54) is 18.9 Å². The number of hydrogen-bond donors (Lipinski definition) is 0. The van der Waals surface area contributed by atoms with Gasteiger partial charge in [0.05, 0.1) is 23.0 Å². The van der Waals surface area contributed by atoms with Crippen molar-refractivity contribution in [3.05, 3.63) is 17.5 Å². The first kappa shape index (κ1) is 15.0. The summed E-state index contributed by atoms with van der Waals surface area (Å²) in [5.74, 6) is -0.175. The first-order valence-electron chi connectivity index (χ1n) is 5.52. The molecule has 1 amide bonds. The van der Waals surface area contributed by atoms with Crippen LogP contribution in [0.15, 0.2) is 21.7 Å². The molecule has 0 bridgehead atoms. The van der Waals surface area contributed by atoms with Gasteiger partial charge in [-0.05, 0) is 11.4 Å². The van der Waals surface area contributed by atoms with Gasteiger partial charge in [0, 0.05) is 13.6 Å². The molecule has 0 fully saturated rings. The Labute approximate surface area is 115 Å². The molecule has 0 N–H and O–H groups in total. The Morgan fingerprint density at radius 3 is 2.83 bits per heavy atom. The lowest BCUT2D eigenvalue weighted by Crippen LogP contribution is -2.35. The normalized spacial score (nSPS) is 11.9. The number of nitrogens with zero attached hydrogens (tertiary/aromatic N) is 1. The van der Waals surface area contributed by atoms with E-state index in [9.17, 15) is 9.59 Å². The Balaban J connectivity index is 2.34. The molecule has 0 saturated carbocycles. The van der Waals surface area contributed by atoms with Gasteiger partial charge in [-0.15, -0.1) is 23.1 Å². The maximum Gasteiger partial charge on any atom is 0.310 e. The van der Waals surface area contributed by atoms with Gasteiger partial charge in [0.1, 0.15) is 0 Å². The van der Waals surface area contributed by atoms with E-state index in [0.29, 0.717) is 12.3 Å². The quantitative estimate of drug-likeness (QED) is 0.594. The largest absolute Gasteiger partial charge is 0.469 e.